The Morgan fingerprint density at radius 2 is 1.89 bits per heavy atom. The van der Waals surface area contributed by atoms with E-state index < -0.39 is 6.17 Å². The highest BCUT2D eigenvalue weighted by Gasteiger charge is 2.12. The zero-order chi connectivity index (χ0) is 13.2. The van der Waals surface area contributed by atoms with E-state index in [1.807, 2.05) is 42.6 Å². The maximum atomic E-state index is 14.2. The first-order valence-electron chi connectivity index (χ1n) is 6.05. The van der Waals surface area contributed by atoms with E-state index in [1.165, 1.54) is 0 Å². The molecule has 1 heterocycles. The molecule has 0 spiro atoms. The van der Waals surface area contributed by atoms with Crippen LogP contribution in [0.3, 0.4) is 0 Å². The summed E-state index contributed by atoms with van der Waals surface area (Å²) in [6.45, 7) is 0.227. The molecule has 1 atom stereocenters. The first-order chi connectivity index (χ1) is 9.24. The van der Waals surface area contributed by atoms with Gasteiger partial charge in [-0.3, -0.25) is 4.68 Å². The highest BCUT2D eigenvalue weighted by atomic mass is 79.9. The first-order valence-corrected chi connectivity index (χ1v) is 6.84. The number of hydrogen-bond donors (Lipinski definition) is 0. The zero-order valence-corrected chi connectivity index (χ0v) is 11.7. The van der Waals surface area contributed by atoms with Crippen molar-refractivity contribution in [3.8, 4) is 0 Å². The Kier molecular flexibility index (Phi) is 3.34. The third kappa shape index (κ3) is 2.54. The highest BCUT2D eigenvalue weighted by molar-refractivity contribution is 9.10. The minimum Gasteiger partial charge on any atom is -0.268 e. The van der Waals surface area contributed by atoms with E-state index in [1.54, 1.807) is 16.8 Å². The van der Waals surface area contributed by atoms with Crippen molar-refractivity contribution in [3.63, 3.8) is 0 Å². The summed E-state index contributed by atoms with van der Waals surface area (Å²) in [4.78, 5) is 0. The van der Waals surface area contributed by atoms with Gasteiger partial charge in [0.1, 0.15) is 6.17 Å². The fourth-order valence-corrected chi connectivity index (χ4v) is 2.54. The smallest absolute Gasteiger partial charge is 0.145 e. The van der Waals surface area contributed by atoms with Gasteiger partial charge in [-0.25, -0.2) is 4.39 Å². The second-order valence-electron chi connectivity index (χ2n) is 4.40. The Balaban J connectivity index is 1.88. The van der Waals surface area contributed by atoms with E-state index in [0.29, 0.717) is 5.56 Å². The summed E-state index contributed by atoms with van der Waals surface area (Å²) >= 11 is 3.47. The van der Waals surface area contributed by atoms with Crippen LogP contribution in [0.5, 0.6) is 0 Å². The predicted octanol–water partition coefficient (Wildman–Crippen LogP) is 4.51. The summed E-state index contributed by atoms with van der Waals surface area (Å²) in [5.74, 6) is 0. The standard InChI is InChI=1S/C15H12BrFN2/c16-13-7-4-8-15-12(13)9-19(18-15)10-14(17)11-5-2-1-3-6-11/h1-9,14H,10H2/t14-/m0/s1. The largest absolute Gasteiger partial charge is 0.268 e. The van der Waals surface area contributed by atoms with E-state index in [-0.39, 0.29) is 6.54 Å². The van der Waals surface area contributed by atoms with Crippen LogP contribution < -0.4 is 0 Å². The lowest BCUT2D eigenvalue weighted by atomic mass is 10.1. The zero-order valence-electron chi connectivity index (χ0n) is 10.1. The molecule has 0 saturated carbocycles. The molecule has 3 aromatic rings. The molecule has 0 N–H and O–H groups in total. The van der Waals surface area contributed by atoms with Gasteiger partial charge in [0.15, 0.2) is 0 Å². The van der Waals surface area contributed by atoms with Gasteiger partial charge < -0.3 is 0 Å². The minimum atomic E-state index is -1.05. The van der Waals surface area contributed by atoms with Crippen LogP contribution in [0.15, 0.2) is 59.2 Å². The molecule has 0 amide bonds. The van der Waals surface area contributed by atoms with Crippen LogP contribution in [0.25, 0.3) is 10.9 Å². The summed E-state index contributed by atoms with van der Waals surface area (Å²) in [6.07, 6.45) is 0.823. The number of benzene rings is 2. The molecule has 0 bridgehead atoms. The van der Waals surface area contributed by atoms with E-state index in [4.69, 9.17) is 0 Å². The average Bonchev–Trinajstić information content (AvgIpc) is 2.84. The molecular weight excluding hydrogens is 307 g/mol. The Morgan fingerprint density at radius 3 is 2.63 bits per heavy atom. The number of alkyl halides is 1. The van der Waals surface area contributed by atoms with Crippen LogP contribution in [0.2, 0.25) is 0 Å². The van der Waals surface area contributed by atoms with Gasteiger partial charge in [-0.2, -0.15) is 5.10 Å². The van der Waals surface area contributed by atoms with E-state index >= 15 is 0 Å². The molecule has 0 unspecified atom stereocenters. The number of rotatable bonds is 3. The number of aromatic nitrogens is 2. The summed E-state index contributed by atoms with van der Waals surface area (Å²) in [5.41, 5.74) is 1.55. The topological polar surface area (TPSA) is 17.8 Å². The van der Waals surface area contributed by atoms with Crippen LogP contribution in [0.4, 0.5) is 4.39 Å². The average molecular weight is 319 g/mol. The molecule has 1 aromatic heterocycles. The van der Waals surface area contributed by atoms with Crippen LogP contribution in [0.1, 0.15) is 11.7 Å². The van der Waals surface area contributed by atoms with Gasteiger partial charge >= 0.3 is 0 Å². The van der Waals surface area contributed by atoms with Gasteiger partial charge in [0, 0.05) is 16.1 Å². The quantitative estimate of drug-likeness (QED) is 0.694. The van der Waals surface area contributed by atoms with Crippen molar-refractivity contribution >= 4 is 26.8 Å². The molecule has 0 aliphatic heterocycles. The van der Waals surface area contributed by atoms with Crippen molar-refractivity contribution in [2.45, 2.75) is 12.7 Å². The van der Waals surface area contributed by atoms with E-state index in [0.717, 1.165) is 15.4 Å². The summed E-state index contributed by atoms with van der Waals surface area (Å²) in [7, 11) is 0. The molecule has 19 heavy (non-hydrogen) atoms. The number of nitrogens with zero attached hydrogens (tertiary/aromatic N) is 2. The summed E-state index contributed by atoms with van der Waals surface area (Å²) < 4.78 is 16.8. The van der Waals surface area contributed by atoms with Crippen LogP contribution in [-0.2, 0) is 6.54 Å². The first kappa shape index (κ1) is 12.4. The molecule has 2 nitrogen and oxygen atoms in total. The minimum absolute atomic E-state index is 0.227. The van der Waals surface area contributed by atoms with Crippen molar-refractivity contribution < 1.29 is 4.39 Å². The van der Waals surface area contributed by atoms with Crippen molar-refractivity contribution in [2.24, 2.45) is 0 Å². The van der Waals surface area contributed by atoms with E-state index in [9.17, 15) is 4.39 Å². The molecule has 4 heteroatoms. The van der Waals surface area contributed by atoms with Gasteiger partial charge in [-0.1, -0.05) is 52.3 Å². The molecule has 0 fully saturated rings. The number of halogens is 2. The molecule has 0 saturated heterocycles. The highest BCUT2D eigenvalue weighted by Crippen LogP contribution is 2.24. The molecule has 2 aromatic carbocycles. The lowest BCUT2D eigenvalue weighted by molar-refractivity contribution is 0.293. The fraction of sp³-hybridized carbons (Fsp3) is 0.133. The lowest BCUT2D eigenvalue weighted by Gasteiger charge is -2.08. The normalized spacial score (nSPS) is 12.7. The Labute approximate surface area is 119 Å². The molecule has 96 valence electrons. The summed E-state index contributed by atoms with van der Waals surface area (Å²) in [5, 5.41) is 5.39. The van der Waals surface area contributed by atoms with Gasteiger partial charge in [-0.05, 0) is 17.7 Å². The molecule has 0 aliphatic rings. The lowest BCUT2D eigenvalue weighted by Crippen LogP contribution is -2.05. The molecular formula is C15H12BrFN2. The van der Waals surface area contributed by atoms with Crippen LogP contribution >= 0.6 is 15.9 Å². The third-order valence-corrected chi connectivity index (χ3v) is 3.74. The fourth-order valence-electron chi connectivity index (χ4n) is 2.08. The monoisotopic (exact) mass is 318 g/mol. The van der Waals surface area contributed by atoms with Crippen molar-refractivity contribution in [3.05, 3.63) is 64.8 Å². The second-order valence-corrected chi connectivity index (χ2v) is 5.26. The molecule has 0 radical (unpaired) electrons. The molecule has 0 aliphatic carbocycles. The maximum Gasteiger partial charge on any atom is 0.145 e. The van der Waals surface area contributed by atoms with Crippen molar-refractivity contribution in [2.75, 3.05) is 0 Å². The Morgan fingerprint density at radius 1 is 1.11 bits per heavy atom. The predicted molar refractivity (Wildman–Crippen MR) is 77.7 cm³/mol. The maximum absolute atomic E-state index is 14.2. The van der Waals surface area contributed by atoms with Gasteiger partial charge in [0.2, 0.25) is 0 Å². The van der Waals surface area contributed by atoms with Gasteiger partial charge in [0.25, 0.3) is 0 Å². The second kappa shape index (κ2) is 5.13. The summed E-state index contributed by atoms with van der Waals surface area (Å²) in [6, 6.07) is 15.0. The number of fused-ring (bicyclic) bond motifs is 1. The van der Waals surface area contributed by atoms with Crippen LogP contribution in [-0.4, -0.2) is 9.78 Å². The van der Waals surface area contributed by atoms with Gasteiger partial charge in [-0.15, -0.1) is 0 Å². The third-order valence-electron chi connectivity index (χ3n) is 3.05. The van der Waals surface area contributed by atoms with Crippen molar-refractivity contribution in [1.82, 2.24) is 9.78 Å². The molecule has 3 rings (SSSR count). The van der Waals surface area contributed by atoms with E-state index in [2.05, 4.69) is 21.0 Å². The van der Waals surface area contributed by atoms with Crippen LogP contribution in [0, 0.1) is 0 Å². The SMILES string of the molecule is F[C@@H](Cn1cc2c(Br)cccc2n1)c1ccccc1. The number of hydrogen-bond acceptors (Lipinski definition) is 1. The Bertz CT molecular complexity index is 694. The van der Waals surface area contributed by atoms with Gasteiger partial charge in [0.05, 0.1) is 12.1 Å². The van der Waals surface area contributed by atoms with Crippen molar-refractivity contribution in [1.29, 1.82) is 0 Å². The Hall–Kier alpha value is -1.68.